The quantitative estimate of drug-likeness (QED) is 0.483. The third-order valence-corrected chi connectivity index (χ3v) is 8.07. The Kier molecular flexibility index (Phi) is 4.77. The number of H-pyrrole nitrogens is 2. The third-order valence-electron chi connectivity index (χ3n) is 4.21. The molecule has 29 heavy (non-hydrogen) atoms. The first kappa shape index (κ1) is 19.4. The summed E-state index contributed by atoms with van der Waals surface area (Å²) in [5.74, 6) is 0. The lowest BCUT2D eigenvalue weighted by atomic mass is 10.1. The molecule has 0 bridgehead atoms. The van der Waals surface area contributed by atoms with Crippen molar-refractivity contribution in [2.45, 2.75) is 19.8 Å². The predicted octanol–water partition coefficient (Wildman–Crippen LogP) is 3.12. The number of nitrogens with one attached hydrogen (secondary N) is 2. The van der Waals surface area contributed by atoms with Crippen LogP contribution in [-0.2, 0) is 19.7 Å². The predicted molar refractivity (Wildman–Crippen MR) is 105 cm³/mol. The van der Waals surface area contributed by atoms with Crippen LogP contribution in [0.15, 0.2) is 86.8 Å². The smallest absolute Gasteiger partial charge is 0.228 e. The van der Waals surface area contributed by atoms with E-state index >= 15 is 0 Å². The summed E-state index contributed by atoms with van der Waals surface area (Å²) in [6.45, 7) is 0. The number of halogens is 1. The number of rotatable bonds is 5. The topological polar surface area (TPSA) is 126 Å². The van der Waals surface area contributed by atoms with Gasteiger partial charge in [0.05, 0.1) is 17.3 Å². The van der Waals surface area contributed by atoms with Gasteiger partial charge in [-0.1, -0.05) is 41.9 Å². The Hall–Kier alpha value is -2.95. The molecule has 0 saturated carbocycles. The zero-order valence-corrected chi connectivity index (χ0v) is 17.0. The molecule has 4 rings (SSSR count). The second-order valence-electron chi connectivity index (χ2n) is 6.00. The van der Waals surface area contributed by atoms with Gasteiger partial charge in [-0.2, -0.15) is 10.2 Å². The van der Waals surface area contributed by atoms with Gasteiger partial charge >= 0.3 is 0 Å². The fourth-order valence-corrected chi connectivity index (χ4v) is 6.15. The maximum atomic E-state index is 13.3. The highest BCUT2D eigenvalue weighted by Crippen LogP contribution is 2.33. The summed E-state index contributed by atoms with van der Waals surface area (Å²) in [5, 5.41) is 12.0. The first-order chi connectivity index (χ1) is 13.8. The number of aromatic amines is 2. The highest BCUT2D eigenvalue weighted by molar-refractivity contribution is 7.94. The van der Waals surface area contributed by atoms with Crippen LogP contribution in [-0.4, -0.2) is 37.2 Å². The maximum absolute atomic E-state index is 13.3. The molecule has 0 spiro atoms. The Morgan fingerprint density at radius 2 is 1.34 bits per heavy atom. The second kappa shape index (κ2) is 7.14. The number of nitrogens with zero attached hydrogens (tertiary/aromatic N) is 2. The van der Waals surface area contributed by atoms with Crippen LogP contribution in [0.4, 0.5) is 0 Å². The van der Waals surface area contributed by atoms with Gasteiger partial charge < -0.3 is 0 Å². The fraction of sp³-hybridized carbons (Fsp3) is 0. The van der Waals surface area contributed by atoms with Gasteiger partial charge in [-0.25, -0.2) is 16.8 Å². The van der Waals surface area contributed by atoms with E-state index in [1.165, 1.54) is 18.3 Å². The molecular formula is C18H13ClN4O4S2. The van der Waals surface area contributed by atoms with Gasteiger partial charge in [-0.05, 0) is 29.8 Å². The Morgan fingerprint density at radius 3 is 2.03 bits per heavy atom. The summed E-state index contributed by atoms with van der Waals surface area (Å²) in [6, 6.07) is 14.0. The van der Waals surface area contributed by atoms with E-state index in [9.17, 15) is 16.8 Å². The monoisotopic (exact) mass is 448 g/mol. The van der Waals surface area contributed by atoms with Gasteiger partial charge in [0.2, 0.25) is 19.7 Å². The number of hydrogen-bond acceptors (Lipinski definition) is 6. The molecule has 2 N–H and O–H groups in total. The molecule has 8 nitrogen and oxygen atoms in total. The summed E-state index contributed by atoms with van der Waals surface area (Å²) in [4.78, 5) is -0.524. The van der Waals surface area contributed by atoms with E-state index in [0.717, 1.165) is 6.20 Å². The van der Waals surface area contributed by atoms with Crippen molar-refractivity contribution in [3.05, 3.63) is 72.0 Å². The molecule has 0 atom stereocenters. The van der Waals surface area contributed by atoms with Crippen LogP contribution < -0.4 is 0 Å². The van der Waals surface area contributed by atoms with Crippen molar-refractivity contribution < 1.29 is 16.8 Å². The van der Waals surface area contributed by atoms with Gasteiger partial charge in [-0.3, -0.25) is 10.2 Å². The van der Waals surface area contributed by atoms with Crippen LogP contribution in [0.5, 0.6) is 0 Å². The molecule has 2 aromatic carbocycles. The molecule has 148 valence electrons. The molecule has 0 saturated heterocycles. The first-order valence-electron chi connectivity index (χ1n) is 8.20. The van der Waals surface area contributed by atoms with Gasteiger partial charge in [0.15, 0.2) is 10.1 Å². The van der Waals surface area contributed by atoms with Crippen LogP contribution in [0.2, 0.25) is 5.02 Å². The minimum Gasteiger partial charge on any atom is -0.267 e. The average Bonchev–Trinajstić information content (AvgIpc) is 3.40. The Balaban J connectivity index is 1.86. The van der Waals surface area contributed by atoms with Crippen LogP contribution in [0.3, 0.4) is 0 Å². The highest BCUT2D eigenvalue weighted by atomic mass is 35.5. The standard InChI is InChI=1S/C18H13ClN4O4S2/c19-13-8-6-12(7-9-13)15-10-20-22-17(15)29(26,27)16-11-21-23-18(16)28(24,25)14-4-2-1-3-5-14/h1-11H,(H,20,22)(H,21,23). The van der Waals surface area contributed by atoms with Crippen LogP contribution >= 0.6 is 11.6 Å². The molecule has 0 aliphatic rings. The lowest BCUT2D eigenvalue weighted by molar-refractivity contribution is 0.578. The van der Waals surface area contributed by atoms with Crippen LogP contribution in [0.25, 0.3) is 11.1 Å². The average molecular weight is 449 g/mol. The number of benzene rings is 2. The van der Waals surface area contributed by atoms with E-state index in [2.05, 4.69) is 20.4 Å². The summed E-state index contributed by atoms with van der Waals surface area (Å²) in [5.41, 5.74) is 0.837. The van der Waals surface area contributed by atoms with Crippen molar-refractivity contribution in [1.29, 1.82) is 0 Å². The van der Waals surface area contributed by atoms with Gasteiger partial charge in [-0.15, -0.1) is 0 Å². The van der Waals surface area contributed by atoms with Crippen molar-refractivity contribution >= 4 is 31.3 Å². The number of aromatic nitrogens is 4. The second-order valence-corrected chi connectivity index (χ2v) is 10.2. The normalized spacial score (nSPS) is 12.2. The molecule has 4 aromatic rings. The van der Waals surface area contributed by atoms with E-state index < -0.39 is 29.6 Å². The van der Waals surface area contributed by atoms with Gasteiger partial charge in [0.25, 0.3) is 0 Å². The summed E-state index contributed by atoms with van der Waals surface area (Å²) in [7, 11) is -8.42. The molecular weight excluding hydrogens is 436 g/mol. The van der Waals surface area contributed by atoms with Crippen LogP contribution in [0, 0.1) is 0 Å². The molecule has 2 aromatic heterocycles. The van der Waals surface area contributed by atoms with Crippen molar-refractivity contribution in [2.75, 3.05) is 0 Å². The third kappa shape index (κ3) is 3.35. The van der Waals surface area contributed by atoms with Gasteiger partial charge in [0.1, 0.15) is 4.90 Å². The summed E-state index contributed by atoms with van der Waals surface area (Å²) >= 11 is 5.89. The van der Waals surface area contributed by atoms with Crippen molar-refractivity contribution in [3.8, 4) is 11.1 Å². The number of sulfone groups is 2. The summed E-state index contributed by atoms with van der Waals surface area (Å²) in [6.07, 6.45) is 2.32. The molecule has 11 heteroatoms. The first-order valence-corrected chi connectivity index (χ1v) is 11.5. The highest BCUT2D eigenvalue weighted by Gasteiger charge is 2.34. The Bertz CT molecular complexity index is 1380. The lowest BCUT2D eigenvalue weighted by Gasteiger charge is -2.07. The molecule has 0 aliphatic heterocycles. The zero-order valence-electron chi connectivity index (χ0n) is 14.6. The SMILES string of the molecule is O=S(=O)(c1ccccc1)c1[nH]ncc1S(=O)(=O)c1[nH]ncc1-c1ccc(Cl)cc1. The maximum Gasteiger partial charge on any atom is 0.228 e. The van der Waals surface area contributed by atoms with E-state index in [1.54, 1.807) is 42.5 Å². The van der Waals surface area contributed by atoms with E-state index in [-0.39, 0.29) is 15.5 Å². The van der Waals surface area contributed by atoms with E-state index in [0.29, 0.717) is 10.6 Å². The molecule has 0 fully saturated rings. The van der Waals surface area contributed by atoms with Crippen LogP contribution in [0.1, 0.15) is 0 Å². The van der Waals surface area contributed by atoms with E-state index in [1.807, 2.05) is 0 Å². The number of hydrogen-bond donors (Lipinski definition) is 2. The van der Waals surface area contributed by atoms with E-state index in [4.69, 9.17) is 11.6 Å². The molecule has 0 unspecified atom stereocenters. The molecule has 0 aliphatic carbocycles. The molecule has 2 heterocycles. The molecule has 0 radical (unpaired) electrons. The zero-order chi connectivity index (χ0) is 20.6. The van der Waals surface area contributed by atoms with Crippen molar-refractivity contribution in [3.63, 3.8) is 0 Å². The Morgan fingerprint density at radius 1 is 0.724 bits per heavy atom. The lowest BCUT2D eigenvalue weighted by Crippen LogP contribution is -2.11. The van der Waals surface area contributed by atoms with Gasteiger partial charge in [0, 0.05) is 10.6 Å². The fourth-order valence-electron chi connectivity index (χ4n) is 2.79. The van der Waals surface area contributed by atoms with Crippen molar-refractivity contribution in [1.82, 2.24) is 20.4 Å². The Labute approximate surface area is 171 Å². The molecule has 0 amide bonds. The summed E-state index contributed by atoms with van der Waals surface area (Å²) < 4.78 is 52.5. The minimum absolute atomic E-state index is 0.0526. The largest absolute Gasteiger partial charge is 0.267 e. The minimum atomic E-state index is -4.29. The van der Waals surface area contributed by atoms with Crippen molar-refractivity contribution in [2.24, 2.45) is 0 Å².